The number of aryl methyl sites for hydroxylation is 2. The average molecular weight is 618 g/mol. The predicted molar refractivity (Wildman–Crippen MR) is 155 cm³/mol. The van der Waals surface area contributed by atoms with Crippen molar-refractivity contribution < 1.29 is 32.5 Å². The summed E-state index contributed by atoms with van der Waals surface area (Å²) in [4.78, 5) is 25.9. The molecule has 1 aromatic heterocycles. The van der Waals surface area contributed by atoms with Gasteiger partial charge >= 0.3 is 6.18 Å². The molecule has 1 saturated heterocycles. The monoisotopic (exact) mass is 617 g/mol. The third kappa shape index (κ3) is 5.79. The Morgan fingerprint density at radius 2 is 1.79 bits per heavy atom. The van der Waals surface area contributed by atoms with Crippen molar-refractivity contribution in [2.24, 2.45) is 5.41 Å². The molecule has 2 aromatic carbocycles. The molecular weight excluding hydrogens is 583 g/mol. The second-order valence-corrected chi connectivity index (χ2v) is 13.3. The Labute approximate surface area is 249 Å². The van der Waals surface area contributed by atoms with Crippen LogP contribution in [0.3, 0.4) is 0 Å². The van der Waals surface area contributed by atoms with Crippen molar-refractivity contribution >= 4 is 21.9 Å². The van der Waals surface area contributed by atoms with Crippen LogP contribution < -0.4 is 9.46 Å². The topological polar surface area (TPSA) is 105 Å². The van der Waals surface area contributed by atoms with E-state index in [1.165, 1.54) is 18.2 Å². The third-order valence-corrected chi connectivity index (χ3v) is 10.00. The summed E-state index contributed by atoms with van der Waals surface area (Å²) < 4.78 is 76.0. The Morgan fingerprint density at radius 3 is 2.49 bits per heavy atom. The minimum Gasteiger partial charge on any atom is -0.475 e. The first kappa shape index (κ1) is 29.4. The first-order valence-electron chi connectivity index (χ1n) is 14.2. The van der Waals surface area contributed by atoms with Gasteiger partial charge in [-0.05, 0) is 69.0 Å². The highest BCUT2D eigenvalue weighted by Gasteiger charge is 2.62. The van der Waals surface area contributed by atoms with E-state index in [2.05, 4.69) is 14.7 Å². The molecule has 1 N–H and O–H groups in total. The summed E-state index contributed by atoms with van der Waals surface area (Å²) in [5, 5.41) is 0. The van der Waals surface area contributed by atoms with E-state index in [4.69, 9.17) is 4.74 Å². The molecule has 9 nitrogen and oxygen atoms in total. The van der Waals surface area contributed by atoms with Gasteiger partial charge in [-0.2, -0.15) is 18.2 Å². The normalized spacial score (nSPS) is 21.4. The van der Waals surface area contributed by atoms with Gasteiger partial charge in [-0.3, -0.25) is 9.69 Å². The number of halogens is 3. The molecule has 3 aliphatic rings. The number of nitrogens with one attached hydrogen (secondary N) is 1. The minimum atomic E-state index is -4.23. The van der Waals surface area contributed by atoms with E-state index in [-0.39, 0.29) is 68.6 Å². The Kier molecular flexibility index (Phi) is 7.36. The van der Waals surface area contributed by atoms with Crippen molar-refractivity contribution in [3.8, 4) is 17.1 Å². The van der Waals surface area contributed by atoms with E-state index in [1.54, 1.807) is 17.0 Å². The number of carbonyl (C=O) groups excluding carboxylic acids is 1. The van der Waals surface area contributed by atoms with Gasteiger partial charge in [0.05, 0.1) is 22.0 Å². The van der Waals surface area contributed by atoms with Gasteiger partial charge in [0.2, 0.25) is 11.8 Å². The van der Waals surface area contributed by atoms with Gasteiger partial charge in [0, 0.05) is 38.3 Å². The molecule has 0 radical (unpaired) electrons. The number of anilines is 1. The van der Waals surface area contributed by atoms with Crippen LogP contribution in [0.1, 0.15) is 42.2 Å². The highest BCUT2D eigenvalue weighted by Crippen LogP contribution is 2.60. The van der Waals surface area contributed by atoms with E-state index in [9.17, 15) is 26.4 Å². The zero-order valence-electron chi connectivity index (χ0n) is 23.8. The zero-order chi connectivity index (χ0) is 30.6. The number of benzene rings is 2. The number of hydrogen-bond acceptors (Lipinski definition) is 7. The number of piperazine rings is 1. The molecule has 0 unspecified atom stereocenters. The first-order chi connectivity index (χ1) is 20.3. The highest BCUT2D eigenvalue weighted by atomic mass is 32.2. The molecule has 6 rings (SSSR count). The molecule has 4 bridgehead atoms. The molecule has 230 valence electrons. The summed E-state index contributed by atoms with van der Waals surface area (Å²) in [5.74, 6) is -0.461. The maximum atomic E-state index is 13.7. The molecule has 43 heavy (non-hydrogen) atoms. The van der Waals surface area contributed by atoms with Gasteiger partial charge in [0.25, 0.3) is 15.9 Å². The number of nitrogens with zero attached hydrogens (tertiary/aromatic N) is 4. The fourth-order valence-corrected chi connectivity index (χ4v) is 6.93. The van der Waals surface area contributed by atoms with Crippen molar-refractivity contribution in [3.63, 3.8) is 0 Å². The van der Waals surface area contributed by atoms with Crippen LogP contribution in [-0.4, -0.2) is 79.1 Å². The number of ether oxygens (including phenoxy) is 1. The summed E-state index contributed by atoms with van der Waals surface area (Å²) in [6.45, 7) is 5.05. The van der Waals surface area contributed by atoms with Crippen LogP contribution >= 0.6 is 0 Å². The van der Waals surface area contributed by atoms with Crippen LogP contribution in [0.5, 0.6) is 5.88 Å². The molecule has 13 heteroatoms. The maximum absolute atomic E-state index is 13.7. The second-order valence-electron chi connectivity index (χ2n) is 11.6. The standard InChI is InChI=1S/C30H32F3N5O4S.H2/c1-19-5-3-6-20(2)26(19)24-16-25-35-28(34-24)36-43(40,41)23-8-4-7-21(15-23)27(39)38-14-13-37(17-22(38)18-42-25)12-11-29(9-10-29)30(31,32)33;/h3-8,15-16,22H,9-14,17-18H2,1-2H3,(H,34,35,36);1H/t22-;/m1./s1. The average Bonchev–Trinajstić information content (AvgIpc) is 3.76. The molecule has 3 heterocycles. The SMILES string of the molecule is Cc1cccc(C)c1-c1cc2nc(n1)NS(=O)(=O)c1cccc(c1)C(=O)N1CCN(CCC3(C(F)(F)F)CC3)C[C@@H]1CO2.[HH]. The fraction of sp³-hybridized carbons (Fsp3) is 0.433. The van der Waals surface area contributed by atoms with Gasteiger partial charge in [0.1, 0.15) is 6.61 Å². The largest absolute Gasteiger partial charge is 0.475 e. The van der Waals surface area contributed by atoms with E-state index in [0.717, 1.165) is 16.7 Å². The van der Waals surface area contributed by atoms with Crippen molar-refractivity contribution in [1.29, 1.82) is 0 Å². The van der Waals surface area contributed by atoms with Gasteiger partial charge in [-0.25, -0.2) is 18.1 Å². The predicted octanol–water partition coefficient (Wildman–Crippen LogP) is 5.06. The summed E-state index contributed by atoms with van der Waals surface area (Å²) in [7, 11) is -4.17. The second kappa shape index (κ2) is 10.8. The van der Waals surface area contributed by atoms with Crippen LogP contribution in [0, 0.1) is 19.3 Å². The summed E-state index contributed by atoms with van der Waals surface area (Å²) in [5.41, 5.74) is 1.69. The minimum absolute atomic E-state index is 0. The van der Waals surface area contributed by atoms with E-state index < -0.39 is 27.7 Å². The summed E-state index contributed by atoms with van der Waals surface area (Å²) in [6.07, 6.45) is -3.92. The Bertz CT molecular complexity index is 1660. The highest BCUT2D eigenvalue weighted by molar-refractivity contribution is 7.92. The molecule has 2 fully saturated rings. The molecule has 2 aliphatic heterocycles. The van der Waals surface area contributed by atoms with Crippen LogP contribution in [0.15, 0.2) is 53.4 Å². The number of alkyl halides is 3. The Hall–Kier alpha value is -3.71. The Balaban J connectivity index is 0.00000384. The van der Waals surface area contributed by atoms with Crippen molar-refractivity contribution in [1.82, 2.24) is 19.8 Å². The molecule has 1 saturated carbocycles. The lowest BCUT2D eigenvalue weighted by Crippen LogP contribution is -2.57. The van der Waals surface area contributed by atoms with Gasteiger partial charge in [0.15, 0.2) is 0 Å². The number of hydrogen-bond donors (Lipinski definition) is 1. The fourth-order valence-electron chi connectivity index (χ4n) is 5.94. The molecule has 1 aliphatic carbocycles. The molecule has 1 atom stereocenters. The number of aromatic nitrogens is 2. The van der Waals surface area contributed by atoms with Gasteiger partial charge < -0.3 is 9.64 Å². The number of amides is 1. The van der Waals surface area contributed by atoms with Gasteiger partial charge in [-0.1, -0.05) is 24.3 Å². The number of fused-ring (bicyclic) bond motifs is 5. The van der Waals surface area contributed by atoms with E-state index >= 15 is 0 Å². The quantitative estimate of drug-likeness (QED) is 0.437. The number of rotatable bonds is 4. The molecule has 3 aromatic rings. The number of sulfonamides is 1. The molecule has 1 amide bonds. The smallest absolute Gasteiger partial charge is 0.394 e. The van der Waals surface area contributed by atoms with Crippen LogP contribution in [-0.2, 0) is 10.0 Å². The van der Waals surface area contributed by atoms with Crippen molar-refractivity contribution in [2.45, 2.75) is 50.2 Å². The molecular formula is C30H34F3N5O4S. The lowest BCUT2D eigenvalue weighted by atomic mass is 10.00. The first-order valence-corrected chi connectivity index (χ1v) is 15.6. The van der Waals surface area contributed by atoms with Crippen LogP contribution in [0.4, 0.5) is 19.1 Å². The molecule has 0 spiro atoms. The number of carbonyl (C=O) groups is 1. The maximum Gasteiger partial charge on any atom is 0.394 e. The van der Waals surface area contributed by atoms with E-state index in [0.29, 0.717) is 18.8 Å². The lowest BCUT2D eigenvalue weighted by molar-refractivity contribution is -0.190. The third-order valence-electron chi connectivity index (χ3n) is 8.67. The van der Waals surface area contributed by atoms with Crippen LogP contribution in [0.2, 0.25) is 0 Å². The lowest BCUT2D eigenvalue weighted by Gasteiger charge is -2.41. The summed E-state index contributed by atoms with van der Waals surface area (Å²) >= 11 is 0. The van der Waals surface area contributed by atoms with Gasteiger partial charge in [-0.15, -0.1) is 0 Å². The summed E-state index contributed by atoms with van der Waals surface area (Å²) in [6, 6.07) is 12.6. The van der Waals surface area contributed by atoms with E-state index in [1.807, 2.05) is 36.9 Å². The van der Waals surface area contributed by atoms with Crippen molar-refractivity contribution in [2.75, 3.05) is 37.5 Å². The van der Waals surface area contributed by atoms with Crippen LogP contribution in [0.25, 0.3) is 11.3 Å². The zero-order valence-corrected chi connectivity index (χ0v) is 24.6. The van der Waals surface area contributed by atoms with Crippen molar-refractivity contribution in [3.05, 3.63) is 65.2 Å². The Morgan fingerprint density at radius 1 is 1.07 bits per heavy atom.